The van der Waals surface area contributed by atoms with Crippen molar-refractivity contribution in [1.82, 2.24) is 9.80 Å². The van der Waals surface area contributed by atoms with Crippen molar-refractivity contribution < 1.29 is 19.4 Å². The second-order valence-corrected chi connectivity index (χ2v) is 5.92. The molecule has 24 heavy (non-hydrogen) atoms. The van der Waals surface area contributed by atoms with E-state index >= 15 is 0 Å². The topological polar surface area (TPSA) is 70.1 Å². The van der Waals surface area contributed by atoms with Crippen molar-refractivity contribution in [3.05, 3.63) is 41.6 Å². The first kappa shape index (κ1) is 18.2. The highest BCUT2D eigenvalue weighted by Crippen LogP contribution is 2.30. The number of amides is 2. The van der Waals surface area contributed by atoms with E-state index in [0.717, 1.165) is 0 Å². The molecule has 0 saturated heterocycles. The minimum atomic E-state index is -0.345. The highest BCUT2D eigenvalue weighted by atomic mass is 16.5. The number of aliphatic hydroxyl groups excluding tert-OH is 1. The van der Waals surface area contributed by atoms with E-state index in [1.165, 1.54) is 4.90 Å². The number of likely N-dealkylation sites (N-methyl/N-ethyl adjacent to an activating group) is 1. The molecule has 1 heterocycles. The van der Waals surface area contributed by atoms with E-state index in [2.05, 4.69) is 0 Å². The van der Waals surface area contributed by atoms with E-state index in [1.54, 1.807) is 24.1 Å². The van der Waals surface area contributed by atoms with Crippen molar-refractivity contribution in [3.63, 3.8) is 0 Å². The second kappa shape index (κ2) is 8.08. The molecule has 1 N–H and O–H groups in total. The lowest BCUT2D eigenvalue weighted by Gasteiger charge is -2.20. The zero-order valence-electron chi connectivity index (χ0n) is 14.4. The summed E-state index contributed by atoms with van der Waals surface area (Å²) in [6.07, 6.45) is 0.0379. The van der Waals surface area contributed by atoms with Gasteiger partial charge in [-0.2, -0.15) is 0 Å². The Bertz CT molecular complexity index is 625. The van der Waals surface area contributed by atoms with Crippen LogP contribution in [-0.4, -0.2) is 66.2 Å². The van der Waals surface area contributed by atoms with E-state index < -0.39 is 0 Å². The van der Waals surface area contributed by atoms with Crippen LogP contribution in [0.1, 0.15) is 19.4 Å². The summed E-state index contributed by atoms with van der Waals surface area (Å²) >= 11 is 0. The van der Waals surface area contributed by atoms with Crippen LogP contribution in [0.3, 0.4) is 0 Å². The fraction of sp³-hybridized carbons (Fsp3) is 0.444. The number of aliphatic hydroxyl groups is 1. The smallest absolute Gasteiger partial charge is 0.277 e. The Morgan fingerprint density at radius 1 is 1.17 bits per heavy atom. The van der Waals surface area contributed by atoms with Gasteiger partial charge in [-0.25, -0.2) is 0 Å². The zero-order valence-corrected chi connectivity index (χ0v) is 14.4. The average molecular weight is 332 g/mol. The zero-order chi connectivity index (χ0) is 17.7. The van der Waals surface area contributed by atoms with Crippen LogP contribution < -0.4 is 0 Å². The van der Waals surface area contributed by atoms with Crippen molar-refractivity contribution in [3.8, 4) is 0 Å². The molecule has 2 amide bonds. The molecule has 0 unspecified atom stereocenters. The molecule has 0 aliphatic carbocycles. The molecule has 0 fully saturated rings. The van der Waals surface area contributed by atoms with Crippen LogP contribution in [0, 0.1) is 0 Å². The van der Waals surface area contributed by atoms with Crippen molar-refractivity contribution in [2.45, 2.75) is 20.0 Å². The molecule has 0 spiro atoms. The summed E-state index contributed by atoms with van der Waals surface area (Å²) < 4.78 is 5.47. The molecule has 1 aliphatic heterocycles. The summed E-state index contributed by atoms with van der Waals surface area (Å²) in [4.78, 5) is 28.4. The van der Waals surface area contributed by atoms with E-state index in [0.29, 0.717) is 23.4 Å². The second-order valence-electron chi connectivity index (χ2n) is 5.92. The first-order valence-corrected chi connectivity index (χ1v) is 8.06. The fourth-order valence-electron chi connectivity index (χ4n) is 2.63. The molecule has 0 atom stereocenters. The third-order valence-electron chi connectivity index (χ3n) is 3.79. The standard InChI is InChI=1S/C18H24N2O4/c1-13(2)24-12-10-20-17(22)15(14-7-5-4-6-8-14)16(18(20)23)19(3)9-11-21/h4-8,13,21H,9-12H2,1-3H3. The minimum Gasteiger partial charge on any atom is -0.395 e. The first-order valence-electron chi connectivity index (χ1n) is 8.06. The quantitative estimate of drug-likeness (QED) is 0.722. The van der Waals surface area contributed by atoms with Gasteiger partial charge in [0, 0.05) is 13.6 Å². The Hall–Kier alpha value is -2.18. The molecular formula is C18H24N2O4. The molecule has 2 rings (SSSR count). The van der Waals surface area contributed by atoms with Crippen molar-refractivity contribution in [1.29, 1.82) is 0 Å². The lowest BCUT2D eigenvalue weighted by Crippen LogP contribution is -2.37. The molecule has 0 saturated carbocycles. The van der Waals surface area contributed by atoms with Gasteiger partial charge in [-0.1, -0.05) is 30.3 Å². The molecule has 6 nitrogen and oxygen atoms in total. The minimum absolute atomic E-state index is 0.0379. The van der Waals surface area contributed by atoms with Gasteiger partial charge in [-0.05, 0) is 19.4 Å². The number of rotatable bonds is 8. The number of carbonyl (C=O) groups excluding carboxylic acids is 2. The number of benzene rings is 1. The van der Waals surface area contributed by atoms with Gasteiger partial charge in [-0.3, -0.25) is 14.5 Å². The molecule has 6 heteroatoms. The molecule has 1 aliphatic rings. The number of nitrogens with zero attached hydrogens (tertiary/aromatic N) is 2. The summed E-state index contributed by atoms with van der Waals surface area (Å²) in [5, 5.41) is 9.18. The monoisotopic (exact) mass is 332 g/mol. The third-order valence-corrected chi connectivity index (χ3v) is 3.79. The van der Waals surface area contributed by atoms with Crippen molar-refractivity contribution in [2.75, 3.05) is 33.4 Å². The summed E-state index contributed by atoms with van der Waals surface area (Å²) in [5.74, 6) is -0.666. The van der Waals surface area contributed by atoms with E-state index in [-0.39, 0.29) is 37.6 Å². The molecule has 0 bridgehead atoms. The molecular weight excluding hydrogens is 308 g/mol. The van der Waals surface area contributed by atoms with Crippen LogP contribution in [0.5, 0.6) is 0 Å². The van der Waals surface area contributed by atoms with Gasteiger partial charge in [-0.15, -0.1) is 0 Å². The summed E-state index contributed by atoms with van der Waals surface area (Å²) in [5.41, 5.74) is 1.40. The molecule has 1 aromatic carbocycles. The van der Waals surface area contributed by atoms with Crippen LogP contribution in [-0.2, 0) is 14.3 Å². The normalized spacial score (nSPS) is 15.0. The van der Waals surface area contributed by atoms with E-state index in [4.69, 9.17) is 4.74 Å². The Kier molecular flexibility index (Phi) is 6.11. The van der Waals surface area contributed by atoms with Gasteiger partial charge >= 0.3 is 0 Å². The Morgan fingerprint density at radius 2 is 1.83 bits per heavy atom. The van der Waals surface area contributed by atoms with Crippen LogP contribution in [0.15, 0.2) is 36.0 Å². The number of hydrogen-bond donors (Lipinski definition) is 1. The number of ether oxygens (including phenoxy) is 1. The van der Waals surface area contributed by atoms with Gasteiger partial charge in [0.05, 0.1) is 31.4 Å². The number of hydrogen-bond acceptors (Lipinski definition) is 5. The molecule has 0 aromatic heterocycles. The average Bonchev–Trinajstić information content (AvgIpc) is 2.80. The van der Waals surface area contributed by atoms with Crippen LogP contribution in [0.4, 0.5) is 0 Å². The fourth-order valence-corrected chi connectivity index (χ4v) is 2.63. The van der Waals surface area contributed by atoms with E-state index in [1.807, 2.05) is 32.0 Å². The maximum Gasteiger partial charge on any atom is 0.277 e. The number of carbonyl (C=O) groups is 2. The Morgan fingerprint density at radius 3 is 2.42 bits per heavy atom. The summed E-state index contributed by atoms with van der Waals surface area (Å²) in [7, 11) is 1.70. The lowest BCUT2D eigenvalue weighted by molar-refractivity contribution is -0.138. The maximum atomic E-state index is 12.8. The third kappa shape index (κ3) is 3.83. The van der Waals surface area contributed by atoms with Crippen LogP contribution >= 0.6 is 0 Å². The predicted molar refractivity (Wildman–Crippen MR) is 90.9 cm³/mol. The van der Waals surface area contributed by atoms with Crippen LogP contribution in [0.2, 0.25) is 0 Å². The van der Waals surface area contributed by atoms with Gasteiger partial charge in [0.15, 0.2) is 0 Å². The van der Waals surface area contributed by atoms with Crippen molar-refractivity contribution >= 4 is 17.4 Å². The summed E-state index contributed by atoms with van der Waals surface area (Å²) in [6, 6.07) is 9.13. The predicted octanol–water partition coefficient (Wildman–Crippen LogP) is 1.12. The van der Waals surface area contributed by atoms with Gasteiger partial charge in [0.25, 0.3) is 11.8 Å². The van der Waals surface area contributed by atoms with Gasteiger partial charge in [0.2, 0.25) is 0 Å². The van der Waals surface area contributed by atoms with Gasteiger partial charge < -0.3 is 14.7 Å². The first-order chi connectivity index (χ1) is 11.5. The molecule has 0 radical (unpaired) electrons. The van der Waals surface area contributed by atoms with E-state index in [9.17, 15) is 14.7 Å². The largest absolute Gasteiger partial charge is 0.395 e. The number of imide groups is 1. The summed E-state index contributed by atoms with van der Waals surface area (Å²) in [6.45, 7) is 4.50. The lowest BCUT2D eigenvalue weighted by atomic mass is 10.0. The highest BCUT2D eigenvalue weighted by Gasteiger charge is 2.40. The molecule has 1 aromatic rings. The Labute approximate surface area is 142 Å². The van der Waals surface area contributed by atoms with Gasteiger partial charge in [0.1, 0.15) is 5.70 Å². The van der Waals surface area contributed by atoms with Crippen LogP contribution in [0.25, 0.3) is 5.57 Å². The maximum absolute atomic E-state index is 12.8. The van der Waals surface area contributed by atoms with Crippen molar-refractivity contribution in [2.24, 2.45) is 0 Å². The molecule has 130 valence electrons. The SMILES string of the molecule is CC(C)OCCN1C(=O)C(c2ccccc2)=C(N(C)CCO)C1=O. The Balaban J connectivity index is 2.33. The highest BCUT2D eigenvalue weighted by molar-refractivity contribution is 6.35.